The van der Waals surface area contributed by atoms with Crippen LogP contribution in [0.15, 0.2) is 54.7 Å². The number of nitrogens with zero attached hydrogens (tertiary/aromatic N) is 7. The summed E-state index contributed by atoms with van der Waals surface area (Å²) in [4.78, 5) is 32.4. The number of aryl methyl sites for hydroxylation is 1. The van der Waals surface area contributed by atoms with Gasteiger partial charge < -0.3 is 19.3 Å². The minimum Gasteiger partial charge on any atom is -0.462 e. The number of likely N-dealkylation sites (tertiary alicyclic amines) is 1. The Morgan fingerprint density at radius 1 is 1.15 bits per heavy atom. The molecule has 4 heterocycles. The summed E-state index contributed by atoms with van der Waals surface area (Å²) < 4.78 is 41.2. The predicted molar refractivity (Wildman–Crippen MR) is 175 cm³/mol. The number of carbonyl (C=O) groups is 1. The lowest BCUT2D eigenvalue weighted by Gasteiger charge is -2.41. The highest BCUT2D eigenvalue weighted by atomic mass is 19.1. The molecular formula is C35H37F2N7O3. The van der Waals surface area contributed by atoms with E-state index in [1.807, 2.05) is 55.3 Å². The number of hydrogen-bond acceptors (Lipinski definition) is 9. The summed E-state index contributed by atoms with van der Waals surface area (Å²) in [6.07, 6.45) is 4.85. The van der Waals surface area contributed by atoms with E-state index in [4.69, 9.17) is 14.5 Å². The number of likely N-dealkylation sites (N-methyl/N-ethyl adjacent to an activating group) is 1. The van der Waals surface area contributed by atoms with Gasteiger partial charge in [-0.15, -0.1) is 0 Å². The smallest absolute Gasteiger partial charge is 0.319 e. The summed E-state index contributed by atoms with van der Waals surface area (Å²) in [6.45, 7) is 3.14. The van der Waals surface area contributed by atoms with Crippen molar-refractivity contribution in [3.63, 3.8) is 0 Å². The Labute approximate surface area is 272 Å². The van der Waals surface area contributed by atoms with Crippen LogP contribution in [-0.2, 0) is 9.53 Å². The number of methoxy groups -OCH3 is 1. The van der Waals surface area contributed by atoms with Gasteiger partial charge in [-0.2, -0.15) is 15.2 Å². The van der Waals surface area contributed by atoms with Crippen LogP contribution in [0.1, 0.15) is 18.4 Å². The Morgan fingerprint density at radius 3 is 2.70 bits per heavy atom. The van der Waals surface area contributed by atoms with Gasteiger partial charge >= 0.3 is 6.01 Å². The van der Waals surface area contributed by atoms with Crippen LogP contribution in [0.5, 0.6) is 6.01 Å². The highest BCUT2D eigenvalue weighted by Crippen LogP contribution is 2.36. The molecule has 0 bridgehead atoms. The number of pyridine rings is 1. The highest BCUT2D eigenvalue weighted by Gasteiger charge is 2.33. The normalized spacial score (nSPS) is 20.4. The number of hydrogen-bond donors (Lipinski definition) is 0. The lowest BCUT2D eigenvalue weighted by Crippen LogP contribution is -2.55. The van der Waals surface area contributed by atoms with Crippen LogP contribution in [-0.4, -0.2) is 102 Å². The average molecular weight is 642 g/mol. The Kier molecular flexibility index (Phi) is 9.56. The second-order valence-corrected chi connectivity index (χ2v) is 12.0. The summed E-state index contributed by atoms with van der Waals surface area (Å²) >= 11 is 0. The number of alkyl halides is 1. The van der Waals surface area contributed by atoms with E-state index in [0.717, 1.165) is 35.4 Å². The minimum absolute atomic E-state index is 0.0214. The molecule has 12 heteroatoms. The summed E-state index contributed by atoms with van der Waals surface area (Å²) in [7, 11) is 3.69. The van der Waals surface area contributed by atoms with Gasteiger partial charge in [0.15, 0.2) is 5.82 Å². The van der Waals surface area contributed by atoms with E-state index in [2.05, 4.69) is 20.9 Å². The third-order valence-electron chi connectivity index (χ3n) is 9.14. The number of allylic oxidation sites excluding steroid dienone is 1. The first-order valence-electron chi connectivity index (χ1n) is 15.7. The maximum Gasteiger partial charge on any atom is 0.319 e. The Morgan fingerprint density at radius 2 is 1.96 bits per heavy atom. The summed E-state index contributed by atoms with van der Waals surface area (Å²) in [5.41, 5.74) is 1.89. The zero-order valence-electron chi connectivity index (χ0n) is 26.7. The van der Waals surface area contributed by atoms with Gasteiger partial charge in [-0.1, -0.05) is 36.4 Å². The molecule has 2 aliphatic rings. The summed E-state index contributed by atoms with van der Waals surface area (Å²) in [5.74, 6) is -0.555. The number of halogens is 2. The van der Waals surface area contributed by atoms with Crippen molar-refractivity contribution in [3.05, 3.63) is 66.1 Å². The van der Waals surface area contributed by atoms with Crippen molar-refractivity contribution in [2.24, 2.45) is 0 Å². The molecule has 0 saturated carbocycles. The average Bonchev–Trinajstić information content (AvgIpc) is 3.45. The molecule has 2 aliphatic heterocycles. The molecule has 244 valence electrons. The van der Waals surface area contributed by atoms with Gasteiger partial charge in [0.05, 0.1) is 30.0 Å². The fourth-order valence-electron chi connectivity index (χ4n) is 6.67. The molecule has 0 N–H and O–H groups in total. The van der Waals surface area contributed by atoms with Crippen LogP contribution in [0.3, 0.4) is 0 Å². The Bertz CT molecular complexity index is 1860. The number of piperazine rings is 1. The molecule has 2 fully saturated rings. The molecule has 2 saturated heterocycles. The van der Waals surface area contributed by atoms with Crippen molar-refractivity contribution < 1.29 is 23.0 Å². The van der Waals surface area contributed by atoms with Gasteiger partial charge in [-0.05, 0) is 42.8 Å². The molecular weight excluding hydrogens is 604 g/mol. The summed E-state index contributed by atoms with van der Waals surface area (Å²) in [6, 6.07) is 13.4. The quantitative estimate of drug-likeness (QED) is 0.237. The van der Waals surface area contributed by atoms with Gasteiger partial charge in [0.25, 0.3) is 0 Å². The Balaban J connectivity index is 1.42. The number of anilines is 1. The largest absolute Gasteiger partial charge is 0.462 e. The fourth-order valence-corrected chi connectivity index (χ4v) is 6.67. The molecule has 1 amide bonds. The number of fused-ring (bicyclic) bond motifs is 2. The van der Waals surface area contributed by atoms with E-state index in [0.29, 0.717) is 23.3 Å². The molecule has 0 spiro atoms. The maximum absolute atomic E-state index is 16.7. The minimum atomic E-state index is -0.758. The van der Waals surface area contributed by atoms with Crippen molar-refractivity contribution in [1.29, 1.82) is 5.26 Å². The summed E-state index contributed by atoms with van der Waals surface area (Å²) in [5, 5.41) is 11.8. The van der Waals surface area contributed by atoms with Gasteiger partial charge in [0.1, 0.15) is 30.3 Å². The number of amides is 1. The van der Waals surface area contributed by atoms with E-state index in [-0.39, 0.29) is 61.4 Å². The monoisotopic (exact) mass is 641 g/mol. The molecule has 0 radical (unpaired) electrons. The molecule has 0 aliphatic carbocycles. The first-order valence-corrected chi connectivity index (χ1v) is 15.7. The van der Waals surface area contributed by atoms with Gasteiger partial charge in [0.2, 0.25) is 5.91 Å². The van der Waals surface area contributed by atoms with Crippen LogP contribution in [0, 0.1) is 24.1 Å². The topological polar surface area (TPSA) is 108 Å². The molecule has 2 aromatic heterocycles. The van der Waals surface area contributed by atoms with E-state index >= 15 is 4.39 Å². The second-order valence-electron chi connectivity index (χ2n) is 12.0. The fraction of sp³-hybridized carbons (Fsp3) is 0.400. The second kappa shape index (κ2) is 13.9. The van der Waals surface area contributed by atoms with Crippen molar-refractivity contribution in [1.82, 2.24) is 24.8 Å². The molecule has 0 unspecified atom stereocenters. The maximum atomic E-state index is 16.7. The molecule has 2 aromatic carbocycles. The van der Waals surface area contributed by atoms with Crippen molar-refractivity contribution >= 4 is 33.4 Å². The molecule has 6 rings (SSSR count). The molecule has 47 heavy (non-hydrogen) atoms. The van der Waals surface area contributed by atoms with E-state index in [1.165, 1.54) is 6.08 Å². The van der Waals surface area contributed by atoms with Crippen molar-refractivity contribution in [2.75, 3.05) is 58.5 Å². The van der Waals surface area contributed by atoms with Crippen LogP contribution in [0.4, 0.5) is 14.6 Å². The van der Waals surface area contributed by atoms with Crippen LogP contribution in [0.2, 0.25) is 0 Å². The van der Waals surface area contributed by atoms with E-state index in [9.17, 15) is 14.4 Å². The van der Waals surface area contributed by atoms with Crippen LogP contribution >= 0.6 is 0 Å². The first kappa shape index (κ1) is 32.2. The van der Waals surface area contributed by atoms with E-state index in [1.54, 1.807) is 18.2 Å². The third-order valence-corrected chi connectivity index (χ3v) is 9.14. The zero-order chi connectivity index (χ0) is 33.1. The number of rotatable bonds is 9. The molecule has 10 nitrogen and oxygen atoms in total. The Hall–Kier alpha value is -4.73. The number of carbonyl (C=O) groups excluding carboxylic acids is 1. The first-order chi connectivity index (χ1) is 22.8. The van der Waals surface area contributed by atoms with Crippen molar-refractivity contribution in [2.45, 2.75) is 38.0 Å². The standard InChI is InChI=1S/C35H37F2N7O3/c1-22-7-4-8-23-9-5-10-27(30(22)23)32-31(37)33-28(18-39-32)34(41-35(40-33)47-21-25-17-26(46-3)20-42(25)2)43-15-16-44(24(19-43)12-14-38)29(45)11-6-13-36/h4-11,18,24-26H,12-13,15-17,19-21H2,1-3H3/b11-6+/t24-,25-,26+/m0/s1. The number of nitriles is 1. The number of ether oxygens (including phenoxy) is 2. The number of aromatic nitrogens is 3. The SMILES string of the molecule is CO[C@@H]1C[C@@H](COc2nc(N3CCN(C(=O)/C=C/CF)[C@@H](CC#N)C3)c3cnc(-c4cccc5cccc(C)c45)c(F)c3n2)N(C)C1. The van der Waals surface area contributed by atoms with E-state index < -0.39 is 18.5 Å². The lowest BCUT2D eigenvalue weighted by atomic mass is 9.97. The molecule has 4 aromatic rings. The zero-order valence-corrected chi connectivity index (χ0v) is 26.7. The van der Waals surface area contributed by atoms with Crippen LogP contribution < -0.4 is 9.64 Å². The highest BCUT2D eigenvalue weighted by molar-refractivity contribution is 6.00. The predicted octanol–water partition coefficient (Wildman–Crippen LogP) is 4.85. The number of benzene rings is 2. The van der Waals surface area contributed by atoms with Gasteiger partial charge in [0, 0.05) is 57.2 Å². The van der Waals surface area contributed by atoms with Crippen LogP contribution in [0.25, 0.3) is 32.9 Å². The van der Waals surface area contributed by atoms with Crippen molar-refractivity contribution in [3.8, 4) is 23.3 Å². The lowest BCUT2D eigenvalue weighted by molar-refractivity contribution is -0.128. The third kappa shape index (κ3) is 6.46. The molecule has 3 atom stereocenters. The van der Waals surface area contributed by atoms with Gasteiger partial charge in [-0.3, -0.25) is 14.7 Å². The van der Waals surface area contributed by atoms with Gasteiger partial charge in [-0.25, -0.2) is 8.78 Å².